The Balaban J connectivity index is 2.20. The molecule has 0 amide bonds. The Bertz CT molecular complexity index is 629. The van der Waals surface area contributed by atoms with E-state index in [-0.39, 0.29) is 0 Å². The minimum atomic E-state index is -1.60. The second kappa shape index (κ2) is 8.51. The molecule has 3 aromatic rings. The van der Waals surface area contributed by atoms with Crippen LogP contribution in [-0.4, -0.2) is 17.7 Å². The molecule has 0 aliphatic carbocycles. The molecule has 0 aliphatic heterocycles. The minimum absolute atomic E-state index is 1.18. The third-order valence-electron chi connectivity index (χ3n) is 4.37. The van der Waals surface area contributed by atoms with Gasteiger partial charge in [-0.05, 0) is 42.2 Å². The van der Waals surface area contributed by atoms with Gasteiger partial charge in [-0.3, -0.25) is 0 Å². The molecule has 0 aliphatic rings. The zero-order chi connectivity index (χ0) is 16.7. The molecule has 0 radical (unpaired) electrons. The predicted octanol–water partition coefficient (Wildman–Crippen LogP) is 4.73. The summed E-state index contributed by atoms with van der Waals surface area (Å²) in [4.78, 5) is 0. The van der Waals surface area contributed by atoms with E-state index >= 15 is 0 Å². The van der Waals surface area contributed by atoms with Crippen molar-refractivity contribution >= 4 is 34.9 Å². The molecule has 0 unspecified atom stereocenters. The Labute approximate surface area is 150 Å². The maximum absolute atomic E-state index is 2.32. The summed E-state index contributed by atoms with van der Waals surface area (Å²) in [6.45, 7) is 2.25. The molecule has 3 rings (SSSR count). The van der Waals surface area contributed by atoms with E-state index in [0.717, 1.165) is 0 Å². The Morgan fingerprint density at radius 3 is 1.33 bits per heavy atom. The van der Waals surface area contributed by atoms with Gasteiger partial charge < -0.3 is 0 Å². The van der Waals surface area contributed by atoms with Gasteiger partial charge in [0.2, 0.25) is 0 Å². The molecule has 0 fully saturated rings. The lowest BCUT2D eigenvalue weighted by Gasteiger charge is -2.27. The second-order valence-corrected chi connectivity index (χ2v) is 10.7. The standard InChI is InChI=1S/C22H24PS/c1-2-24-19-18-23(20-12-6-3-7-13-20,21-14-8-4-9-15-21)22-16-10-5-11-17-22/h3-17H,2,18-19H2,1H3/q+1. The van der Waals surface area contributed by atoms with Crippen molar-refractivity contribution in [3.63, 3.8) is 0 Å². The summed E-state index contributed by atoms with van der Waals surface area (Å²) in [7, 11) is -1.60. The first-order valence-corrected chi connectivity index (χ1v) is 11.6. The molecule has 0 saturated carbocycles. The van der Waals surface area contributed by atoms with E-state index in [0.29, 0.717) is 0 Å². The van der Waals surface area contributed by atoms with Gasteiger partial charge in [0.05, 0.1) is 6.16 Å². The molecular weight excluding hydrogens is 327 g/mol. The third-order valence-corrected chi connectivity index (χ3v) is 10.0. The summed E-state index contributed by atoms with van der Waals surface area (Å²) >= 11 is 2.05. The highest BCUT2D eigenvalue weighted by atomic mass is 32.2. The van der Waals surface area contributed by atoms with E-state index in [4.69, 9.17) is 0 Å². The fourth-order valence-electron chi connectivity index (χ4n) is 3.23. The van der Waals surface area contributed by atoms with Gasteiger partial charge in [0.1, 0.15) is 23.2 Å². The number of benzene rings is 3. The molecule has 0 aromatic heterocycles. The summed E-state index contributed by atoms with van der Waals surface area (Å²) in [6.07, 6.45) is 1.21. The lowest BCUT2D eigenvalue weighted by atomic mass is 10.4. The molecule has 0 nitrogen and oxygen atoms in total. The van der Waals surface area contributed by atoms with Crippen LogP contribution in [0.15, 0.2) is 91.0 Å². The van der Waals surface area contributed by atoms with Crippen molar-refractivity contribution in [3.8, 4) is 0 Å². The fourth-order valence-corrected chi connectivity index (χ4v) is 8.84. The van der Waals surface area contributed by atoms with E-state index in [2.05, 4.69) is 97.9 Å². The van der Waals surface area contributed by atoms with Gasteiger partial charge in [0.15, 0.2) is 0 Å². The zero-order valence-electron chi connectivity index (χ0n) is 14.1. The van der Waals surface area contributed by atoms with Crippen LogP contribution in [0.3, 0.4) is 0 Å². The van der Waals surface area contributed by atoms with E-state index in [1.807, 2.05) is 11.8 Å². The normalized spacial score (nSPS) is 11.4. The highest BCUT2D eigenvalue weighted by Gasteiger charge is 2.44. The van der Waals surface area contributed by atoms with Crippen LogP contribution in [0.1, 0.15) is 6.92 Å². The quantitative estimate of drug-likeness (QED) is 0.438. The second-order valence-electron chi connectivity index (χ2n) is 5.74. The smallest absolute Gasteiger partial charge is 0.112 e. The van der Waals surface area contributed by atoms with E-state index < -0.39 is 7.26 Å². The molecule has 0 saturated heterocycles. The molecule has 0 N–H and O–H groups in total. The highest BCUT2D eigenvalue weighted by Crippen LogP contribution is 2.55. The Kier molecular flexibility index (Phi) is 6.12. The molecule has 0 heterocycles. The first kappa shape index (κ1) is 17.3. The topological polar surface area (TPSA) is 0 Å². The minimum Gasteiger partial charge on any atom is -0.158 e. The number of thioether (sulfide) groups is 1. The van der Waals surface area contributed by atoms with Crippen molar-refractivity contribution in [2.24, 2.45) is 0 Å². The van der Waals surface area contributed by atoms with E-state index in [1.165, 1.54) is 33.6 Å². The molecule has 2 heteroatoms. The van der Waals surface area contributed by atoms with Gasteiger partial charge >= 0.3 is 0 Å². The van der Waals surface area contributed by atoms with Crippen molar-refractivity contribution in [2.75, 3.05) is 17.7 Å². The molecule has 0 atom stereocenters. The van der Waals surface area contributed by atoms with Crippen LogP contribution >= 0.6 is 19.0 Å². The van der Waals surface area contributed by atoms with Gasteiger partial charge in [-0.15, -0.1) is 0 Å². The van der Waals surface area contributed by atoms with Crippen molar-refractivity contribution in [2.45, 2.75) is 6.92 Å². The van der Waals surface area contributed by atoms with Crippen LogP contribution in [0.5, 0.6) is 0 Å². The summed E-state index contributed by atoms with van der Waals surface area (Å²) in [6, 6.07) is 33.4. The highest BCUT2D eigenvalue weighted by molar-refractivity contribution is 8.01. The van der Waals surface area contributed by atoms with Crippen LogP contribution in [0.25, 0.3) is 0 Å². The molecule has 24 heavy (non-hydrogen) atoms. The number of hydrogen-bond acceptors (Lipinski definition) is 1. The van der Waals surface area contributed by atoms with Crippen LogP contribution in [-0.2, 0) is 0 Å². The number of rotatable bonds is 7. The van der Waals surface area contributed by atoms with E-state index in [9.17, 15) is 0 Å². The van der Waals surface area contributed by atoms with Crippen LogP contribution in [0, 0.1) is 0 Å². The maximum atomic E-state index is 2.32. The molecular formula is C22H24PS+. The lowest BCUT2D eigenvalue weighted by molar-refractivity contribution is 1.46. The van der Waals surface area contributed by atoms with Gasteiger partial charge in [0, 0.05) is 5.75 Å². The molecule has 0 spiro atoms. The van der Waals surface area contributed by atoms with E-state index in [1.54, 1.807) is 0 Å². The zero-order valence-corrected chi connectivity index (χ0v) is 15.8. The summed E-state index contributed by atoms with van der Waals surface area (Å²) in [5.41, 5.74) is 0. The number of hydrogen-bond donors (Lipinski definition) is 0. The van der Waals surface area contributed by atoms with Crippen LogP contribution in [0.4, 0.5) is 0 Å². The average Bonchev–Trinajstić information content (AvgIpc) is 2.68. The first-order chi connectivity index (χ1) is 11.9. The summed E-state index contributed by atoms with van der Waals surface area (Å²) in [5, 5.41) is 4.46. The average molecular weight is 351 g/mol. The fraction of sp³-hybridized carbons (Fsp3) is 0.182. The monoisotopic (exact) mass is 351 g/mol. The van der Waals surface area contributed by atoms with Crippen molar-refractivity contribution in [3.05, 3.63) is 91.0 Å². The van der Waals surface area contributed by atoms with Gasteiger partial charge in [-0.1, -0.05) is 61.5 Å². The van der Waals surface area contributed by atoms with Gasteiger partial charge in [-0.25, -0.2) is 0 Å². The molecule has 122 valence electrons. The summed E-state index contributed by atoms with van der Waals surface area (Å²) < 4.78 is 0. The van der Waals surface area contributed by atoms with Crippen LogP contribution in [0.2, 0.25) is 0 Å². The predicted molar refractivity (Wildman–Crippen MR) is 113 cm³/mol. The Hall–Kier alpha value is -1.56. The summed E-state index contributed by atoms with van der Waals surface area (Å²) in [5.74, 6) is 2.38. The molecule has 0 bridgehead atoms. The van der Waals surface area contributed by atoms with Crippen molar-refractivity contribution in [1.82, 2.24) is 0 Å². The SMILES string of the molecule is CCSCC[P+](c1ccccc1)(c1ccccc1)c1ccccc1. The first-order valence-electron chi connectivity index (χ1n) is 8.50. The lowest BCUT2D eigenvalue weighted by Crippen LogP contribution is -2.34. The largest absolute Gasteiger partial charge is 0.158 e. The van der Waals surface area contributed by atoms with Gasteiger partial charge in [0.25, 0.3) is 0 Å². The van der Waals surface area contributed by atoms with Crippen molar-refractivity contribution in [1.29, 1.82) is 0 Å². The van der Waals surface area contributed by atoms with Gasteiger partial charge in [-0.2, -0.15) is 11.8 Å². The van der Waals surface area contributed by atoms with Crippen LogP contribution < -0.4 is 15.9 Å². The maximum Gasteiger partial charge on any atom is 0.112 e. The molecule has 3 aromatic carbocycles. The Morgan fingerprint density at radius 1 is 0.625 bits per heavy atom. The Morgan fingerprint density at radius 2 is 1.00 bits per heavy atom. The van der Waals surface area contributed by atoms with Crippen molar-refractivity contribution < 1.29 is 0 Å². The third kappa shape index (κ3) is 3.58.